The van der Waals surface area contributed by atoms with E-state index < -0.39 is 7.12 Å². The third-order valence-electron chi connectivity index (χ3n) is 5.42. The van der Waals surface area contributed by atoms with Crippen molar-refractivity contribution in [3.63, 3.8) is 0 Å². The van der Waals surface area contributed by atoms with Crippen LogP contribution in [0, 0.1) is 0 Å². The summed E-state index contributed by atoms with van der Waals surface area (Å²) in [5.41, 5.74) is 1.24. The van der Waals surface area contributed by atoms with E-state index in [1.807, 2.05) is 18.2 Å². The first-order valence-corrected chi connectivity index (χ1v) is 9.08. The molecule has 2 aliphatic rings. The maximum absolute atomic E-state index is 6.21. The number of methoxy groups -OCH3 is 1. The molecule has 2 fully saturated rings. The predicted molar refractivity (Wildman–Crippen MR) is 97.1 cm³/mol. The van der Waals surface area contributed by atoms with Crippen LogP contribution in [-0.4, -0.2) is 38.3 Å². The molecule has 2 heterocycles. The molecular formula is C19H29BO5. The van der Waals surface area contributed by atoms with Crippen LogP contribution in [0.5, 0.6) is 5.75 Å². The molecule has 0 spiro atoms. The van der Waals surface area contributed by atoms with Gasteiger partial charge in [-0.2, -0.15) is 0 Å². The van der Waals surface area contributed by atoms with Gasteiger partial charge in [-0.05, 0) is 70.1 Å². The minimum Gasteiger partial charge on any atom is -0.497 e. The molecule has 25 heavy (non-hydrogen) atoms. The van der Waals surface area contributed by atoms with E-state index >= 15 is 0 Å². The Morgan fingerprint density at radius 3 is 2.44 bits per heavy atom. The van der Waals surface area contributed by atoms with Gasteiger partial charge in [-0.1, -0.05) is 6.07 Å². The fraction of sp³-hybridized carbons (Fsp3) is 0.684. The molecule has 138 valence electrons. The molecule has 0 saturated carbocycles. The van der Waals surface area contributed by atoms with E-state index in [9.17, 15) is 0 Å². The van der Waals surface area contributed by atoms with Gasteiger partial charge in [0.25, 0.3) is 0 Å². The van der Waals surface area contributed by atoms with E-state index in [0.717, 1.165) is 42.6 Å². The Balaban J connectivity index is 1.79. The third kappa shape index (κ3) is 4.03. The Kier molecular flexibility index (Phi) is 5.44. The number of rotatable bonds is 5. The molecule has 6 heteroatoms. The van der Waals surface area contributed by atoms with E-state index in [2.05, 4.69) is 27.7 Å². The molecule has 0 aliphatic carbocycles. The van der Waals surface area contributed by atoms with Crippen LogP contribution in [-0.2, 0) is 25.4 Å². The highest BCUT2D eigenvalue weighted by atomic mass is 16.7. The standard InChI is InChI=1S/C19H29BO5/c1-18(2)19(3,4)25-20(24-18)16-10-9-15(21-5)12-14(16)13-23-17-8-6-7-11-22-17/h9-10,12,17H,6-8,11,13H2,1-5H3. The third-order valence-corrected chi connectivity index (χ3v) is 5.42. The van der Waals surface area contributed by atoms with Gasteiger partial charge in [0.1, 0.15) is 5.75 Å². The Morgan fingerprint density at radius 2 is 1.84 bits per heavy atom. The minimum atomic E-state index is -0.415. The first kappa shape index (κ1) is 18.7. The molecule has 0 aromatic heterocycles. The Bertz CT molecular complexity index is 579. The molecule has 0 amide bonds. The summed E-state index contributed by atoms with van der Waals surface area (Å²) in [6.45, 7) is 9.45. The Morgan fingerprint density at radius 1 is 1.12 bits per heavy atom. The summed E-state index contributed by atoms with van der Waals surface area (Å²) < 4.78 is 29.4. The van der Waals surface area contributed by atoms with E-state index in [1.54, 1.807) is 7.11 Å². The van der Waals surface area contributed by atoms with Gasteiger partial charge >= 0.3 is 7.12 Å². The second kappa shape index (κ2) is 7.27. The van der Waals surface area contributed by atoms with E-state index in [-0.39, 0.29) is 17.5 Å². The topological polar surface area (TPSA) is 46.2 Å². The minimum absolute atomic E-state index is 0.133. The van der Waals surface area contributed by atoms with Crippen LogP contribution in [0.3, 0.4) is 0 Å². The first-order chi connectivity index (χ1) is 11.8. The summed E-state index contributed by atoms with van der Waals surface area (Å²) in [6.07, 6.45) is 3.06. The van der Waals surface area contributed by atoms with Gasteiger partial charge in [0.2, 0.25) is 0 Å². The van der Waals surface area contributed by atoms with Crippen LogP contribution in [0.2, 0.25) is 0 Å². The maximum atomic E-state index is 6.21. The number of ether oxygens (including phenoxy) is 3. The highest BCUT2D eigenvalue weighted by Gasteiger charge is 2.52. The van der Waals surface area contributed by atoms with Crippen LogP contribution in [0.1, 0.15) is 52.5 Å². The van der Waals surface area contributed by atoms with Crippen molar-refractivity contribution in [2.45, 2.75) is 71.1 Å². The molecule has 5 nitrogen and oxygen atoms in total. The molecule has 1 aromatic rings. The van der Waals surface area contributed by atoms with Crippen molar-refractivity contribution in [3.8, 4) is 5.75 Å². The van der Waals surface area contributed by atoms with Crippen molar-refractivity contribution in [1.29, 1.82) is 0 Å². The molecule has 0 bridgehead atoms. The molecule has 2 saturated heterocycles. The van der Waals surface area contributed by atoms with Crippen molar-refractivity contribution >= 4 is 12.6 Å². The van der Waals surface area contributed by atoms with Crippen LogP contribution in [0.15, 0.2) is 18.2 Å². The molecule has 1 atom stereocenters. The zero-order valence-corrected chi connectivity index (χ0v) is 16.0. The van der Waals surface area contributed by atoms with Crippen molar-refractivity contribution < 1.29 is 23.5 Å². The molecule has 1 unspecified atom stereocenters. The van der Waals surface area contributed by atoms with Gasteiger partial charge in [0.05, 0.1) is 24.9 Å². The fourth-order valence-electron chi connectivity index (χ4n) is 3.06. The van der Waals surface area contributed by atoms with Crippen molar-refractivity contribution in [1.82, 2.24) is 0 Å². The van der Waals surface area contributed by atoms with Crippen LogP contribution < -0.4 is 10.2 Å². The summed E-state index contributed by atoms with van der Waals surface area (Å²) in [5.74, 6) is 0.795. The largest absolute Gasteiger partial charge is 0.497 e. The van der Waals surface area contributed by atoms with Crippen LogP contribution in [0.4, 0.5) is 0 Å². The number of benzene rings is 1. The van der Waals surface area contributed by atoms with Gasteiger partial charge < -0.3 is 23.5 Å². The SMILES string of the molecule is COc1ccc(B2OC(C)(C)C(C)(C)O2)c(COC2CCCCO2)c1. The zero-order chi connectivity index (χ0) is 18.1. The van der Waals surface area contributed by atoms with Gasteiger partial charge in [0.15, 0.2) is 6.29 Å². The summed E-state index contributed by atoms with van der Waals surface area (Å²) >= 11 is 0. The van der Waals surface area contributed by atoms with E-state index in [0.29, 0.717) is 6.61 Å². The quantitative estimate of drug-likeness (QED) is 0.766. The second-order valence-corrected chi connectivity index (χ2v) is 7.76. The van der Waals surface area contributed by atoms with Gasteiger partial charge in [-0.15, -0.1) is 0 Å². The molecule has 2 aliphatic heterocycles. The van der Waals surface area contributed by atoms with Crippen molar-refractivity contribution in [3.05, 3.63) is 23.8 Å². The van der Waals surface area contributed by atoms with Crippen molar-refractivity contribution in [2.24, 2.45) is 0 Å². The van der Waals surface area contributed by atoms with E-state index in [1.165, 1.54) is 0 Å². The Labute approximate surface area is 151 Å². The molecule has 3 rings (SSSR count). The van der Waals surface area contributed by atoms with Gasteiger partial charge in [0, 0.05) is 6.61 Å². The summed E-state index contributed by atoms with van der Waals surface area (Å²) in [6, 6.07) is 5.92. The number of hydrogen-bond acceptors (Lipinski definition) is 5. The summed E-state index contributed by atoms with van der Waals surface area (Å²) in [5, 5.41) is 0. The molecule has 1 aromatic carbocycles. The summed E-state index contributed by atoms with van der Waals surface area (Å²) in [4.78, 5) is 0. The highest BCUT2D eigenvalue weighted by molar-refractivity contribution is 6.62. The second-order valence-electron chi connectivity index (χ2n) is 7.76. The zero-order valence-electron chi connectivity index (χ0n) is 16.0. The maximum Gasteiger partial charge on any atom is 0.495 e. The first-order valence-electron chi connectivity index (χ1n) is 9.08. The lowest BCUT2D eigenvalue weighted by atomic mass is 9.76. The number of hydrogen-bond donors (Lipinski definition) is 0. The Hall–Kier alpha value is -1.08. The average molecular weight is 348 g/mol. The van der Waals surface area contributed by atoms with Crippen LogP contribution in [0.25, 0.3) is 0 Å². The predicted octanol–water partition coefficient (Wildman–Crippen LogP) is 3.04. The molecule has 0 radical (unpaired) electrons. The normalized spacial score (nSPS) is 25.2. The molecular weight excluding hydrogens is 319 g/mol. The van der Waals surface area contributed by atoms with E-state index in [4.69, 9.17) is 23.5 Å². The smallest absolute Gasteiger partial charge is 0.495 e. The monoisotopic (exact) mass is 348 g/mol. The van der Waals surface area contributed by atoms with Crippen molar-refractivity contribution in [2.75, 3.05) is 13.7 Å². The average Bonchev–Trinajstić information content (AvgIpc) is 2.81. The van der Waals surface area contributed by atoms with Gasteiger partial charge in [-0.3, -0.25) is 0 Å². The van der Waals surface area contributed by atoms with Crippen LogP contribution >= 0.6 is 0 Å². The lowest BCUT2D eigenvalue weighted by Gasteiger charge is -2.32. The van der Waals surface area contributed by atoms with Gasteiger partial charge in [-0.25, -0.2) is 0 Å². The fourth-order valence-corrected chi connectivity index (χ4v) is 3.06. The lowest BCUT2D eigenvalue weighted by Crippen LogP contribution is -2.41. The highest BCUT2D eigenvalue weighted by Crippen LogP contribution is 2.37. The lowest BCUT2D eigenvalue weighted by molar-refractivity contribution is -0.168. The molecule has 0 N–H and O–H groups in total. The summed E-state index contributed by atoms with van der Waals surface area (Å²) in [7, 11) is 1.25.